The van der Waals surface area contributed by atoms with Crippen LogP contribution in [0.5, 0.6) is 0 Å². The lowest BCUT2D eigenvalue weighted by Crippen LogP contribution is -3.00. The third-order valence-electron chi connectivity index (χ3n) is 2.08. The Hall–Kier alpha value is -1.02. The molecule has 1 aromatic carbocycles. The van der Waals surface area contributed by atoms with Gasteiger partial charge in [0.25, 0.3) is 0 Å². The summed E-state index contributed by atoms with van der Waals surface area (Å²) in [6.45, 7) is 0. The molecule has 0 fully saturated rings. The zero-order valence-electron chi connectivity index (χ0n) is 7.16. The molecule has 0 saturated carbocycles. The van der Waals surface area contributed by atoms with Crippen LogP contribution in [-0.2, 0) is 14.1 Å². The van der Waals surface area contributed by atoms with Crippen molar-refractivity contribution in [3.8, 4) is 0 Å². The molecule has 0 radical (unpaired) electrons. The van der Waals surface area contributed by atoms with Gasteiger partial charge in [0.2, 0.25) is 6.20 Å². The quantitative estimate of drug-likeness (QED) is 0.417. The molecular formula is C9H11ClN2. The van der Waals surface area contributed by atoms with Crippen molar-refractivity contribution < 1.29 is 17.1 Å². The first kappa shape index (κ1) is 9.07. The number of benzene rings is 1. The summed E-state index contributed by atoms with van der Waals surface area (Å²) < 4.78 is 4.19. The molecule has 0 bridgehead atoms. The van der Waals surface area contributed by atoms with E-state index in [0.29, 0.717) is 0 Å². The first-order chi connectivity index (χ1) is 5.29. The van der Waals surface area contributed by atoms with Crippen LogP contribution < -0.4 is 17.1 Å². The fourth-order valence-electron chi connectivity index (χ4n) is 1.35. The summed E-state index contributed by atoms with van der Waals surface area (Å²) >= 11 is 0. The fourth-order valence-corrected chi connectivity index (χ4v) is 1.35. The second kappa shape index (κ2) is 3.15. The molecule has 2 aromatic rings. The van der Waals surface area contributed by atoms with Crippen LogP contribution in [0.3, 0.4) is 0 Å². The Balaban J connectivity index is 0.000000720. The lowest BCUT2D eigenvalue weighted by molar-refractivity contribution is -0.748. The van der Waals surface area contributed by atoms with Crippen molar-refractivity contribution in [3.05, 3.63) is 30.5 Å². The lowest BCUT2D eigenvalue weighted by Gasteiger charge is -1.89. The molecule has 0 spiro atoms. The number of fused-ring (bicyclic) bond motifs is 1. The molecule has 64 valence electrons. The largest absolute Gasteiger partial charge is 1.00 e. The van der Waals surface area contributed by atoms with Crippen LogP contribution in [0.2, 0.25) is 0 Å². The van der Waals surface area contributed by atoms with Crippen molar-refractivity contribution in [1.29, 1.82) is 0 Å². The summed E-state index contributed by atoms with van der Waals surface area (Å²) in [6, 6.07) is 8.36. The number of para-hydroxylation sites is 1. The Morgan fingerprint density at radius 3 is 2.58 bits per heavy atom. The number of nitrogens with zero attached hydrogens (tertiary/aromatic N) is 2. The summed E-state index contributed by atoms with van der Waals surface area (Å²) in [5, 5.41) is 1.29. The predicted octanol–water partition coefficient (Wildman–Crippen LogP) is -1.99. The molecule has 2 rings (SSSR count). The summed E-state index contributed by atoms with van der Waals surface area (Å²) in [6.07, 6.45) is 2.12. The molecule has 0 saturated heterocycles. The average molecular weight is 183 g/mol. The molecule has 0 aliphatic heterocycles. The van der Waals surface area contributed by atoms with Crippen LogP contribution in [0.1, 0.15) is 0 Å². The standard InChI is InChI=1S/C9H11N2.ClH/c1-10-7-8-5-3-4-6-9(8)11(10)2;/h3-7H,1-2H3;1H/q+1;/p-1. The van der Waals surface area contributed by atoms with Gasteiger partial charge in [-0.15, -0.1) is 4.68 Å². The highest BCUT2D eigenvalue weighted by molar-refractivity contribution is 5.76. The monoisotopic (exact) mass is 182 g/mol. The zero-order chi connectivity index (χ0) is 7.84. The maximum atomic E-state index is 2.12. The van der Waals surface area contributed by atoms with Gasteiger partial charge in [0.15, 0.2) is 7.05 Å². The predicted molar refractivity (Wildman–Crippen MR) is 44.1 cm³/mol. The van der Waals surface area contributed by atoms with E-state index >= 15 is 0 Å². The number of halogens is 1. The van der Waals surface area contributed by atoms with Gasteiger partial charge in [-0.25, -0.2) is 0 Å². The van der Waals surface area contributed by atoms with Crippen LogP contribution in [-0.4, -0.2) is 4.68 Å². The highest BCUT2D eigenvalue weighted by atomic mass is 35.5. The molecule has 12 heavy (non-hydrogen) atoms. The van der Waals surface area contributed by atoms with E-state index in [9.17, 15) is 0 Å². The smallest absolute Gasteiger partial charge is 0.203 e. The second-order valence-electron chi connectivity index (χ2n) is 2.79. The van der Waals surface area contributed by atoms with Gasteiger partial charge in [-0.2, -0.15) is 4.68 Å². The molecule has 1 aromatic heterocycles. The van der Waals surface area contributed by atoms with E-state index in [1.807, 2.05) is 7.05 Å². The minimum Gasteiger partial charge on any atom is -1.00 e. The van der Waals surface area contributed by atoms with Gasteiger partial charge < -0.3 is 12.4 Å². The van der Waals surface area contributed by atoms with E-state index in [1.54, 1.807) is 0 Å². The van der Waals surface area contributed by atoms with Crippen molar-refractivity contribution in [2.75, 3.05) is 0 Å². The molecule has 0 unspecified atom stereocenters. The molecule has 1 heterocycles. The Kier molecular flexibility index (Phi) is 2.38. The van der Waals surface area contributed by atoms with Gasteiger partial charge in [0.1, 0.15) is 5.52 Å². The van der Waals surface area contributed by atoms with Crippen LogP contribution in [0.25, 0.3) is 10.9 Å². The van der Waals surface area contributed by atoms with Crippen molar-refractivity contribution in [1.82, 2.24) is 4.68 Å². The number of aromatic nitrogens is 2. The number of hydrogen-bond donors (Lipinski definition) is 0. The first-order valence-electron chi connectivity index (χ1n) is 3.69. The summed E-state index contributed by atoms with van der Waals surface area (Å²) in [5.74, 6) is 0. The highest BCUT2D eigenvalue weighted by Gasteiger charge is 2.05. The number of rotatable bonds is 0. The SMILES string of the molecule is Cn1c2ccccc2c[n+]1C.[Cl-]. The lowest BCUT2D eigenvalue weighted by atomic mass is 10.3. The molecular weight excluding hydrogens is 172 g/mol. The number of hydrogen-bond acceptors (Lipinski definition) is 0. The van der Waals surface area contributed by atoms with Gasteiger partial charge in [-0.3, -0.25) is 0 Å². The van der Waals surface area contributed by atoms with Crippen molar-refractivity contribution in [2.24, 2.45) is 14.1 Å². The normalized spacial score (nSPS) is 9.83. The third-order valence-corrected chi connectivity index (χ3v) is 2.08. The zero-order valence-corrected chi connectivity index (χ0v) is 7.92. The van der Waals surface area contributed by atoms with Crippen LogP contribution in [0, 0.1) is 0 Å². The average Bonchev–Trinajstić information content (AvgIpc) is 2.30. The van der Waals surface area contributed by atoms with Gasteiger partial charge in [0.05, 0.1) is 12.4 Å². The van der Waals surface area contributed by atoms with E-state index in [-0.39, 0.29) is 12.4 Å². The van der Waals surface area contributed by atoms with Gasteiger partial charge in [-0.1, -0.05) is 12.1 Å². The van der Waals surface area contributed by atoms with Crippen LogP contribution >= 0.6 is 0 Å². The summed E-state index contributed by atoms with van der Waals surface area (Å²) in [4.78, 5) is 0. The minimum atomic E-state index is 0. The number of aryl methyl sites for hydroxylation is 2. The molecule has 0 amide bonds. The van der Waals surface area contributed by atoms with E-state index < -0.39 is 0 Å². The Bertz CT molecular complexity index is 392. The van der Waals surface area contributed by atoms with Gasteiger partial charge in [-0.05, 0) is 12.1 Å². The van der Waals surface area contributed by atoms with Gasteiger partial charge in [0, 0.05) is 0 Å². The van der Waals surface area contributed by atoms with Crippen molar-refractivity contribution in [3.63, 3.8) is 0 Å². The van der Waals surface area contributed by atoms with Crippen molar-refractivity contribution in [2.45, 2.75) is 0 Å². The Morgan fingerprint density at radius 2 is 1.92 bits per heavy atom. The Morgan fingerprint density at radius 1 is 1.25 bits per heavy atom. The highest BCUT2D eigenvalue weighted by Crippen LogP contribution is 2.08. The molecule has 0 N–H and O–H groups in total. The maximum Gasteiger partial charge on any atom is 0.203 e. The van der Waals surface area contributed by atoms with Crippen LogP contribution in [0.4, 0.5) is 0 Å². The molecule has 0 aliphatic carbocycles. The van der Waals surface area contributed by atoms with Gasteiger partial charge >= 0.3 is 0 Å². The molecule has 2 nitrogen and oxygen atoms in total. The third kappa shape index (κ3) is 1.18. The van der Waals surface area contributed by atoms with E-state index in [2.05, 4.69) is 46.9 Å². The van der Waals surface area contributed by atoms with E-state index in [4.69, 9.17) is 0 Å². The molecule has 3 heteroatoms. The fraction of sp³-hybridized carbons (Fsp3) is 0.222. The topological polar surface area (TPSA) is 8.81 Å². The maximum absolute atomic E-state index is 2.12. The minimum absolute atomic E-state index is 0. The van der Waals surface area contributed by atoms with Crippen molar-refractivity contribution >= 4 is 10.9 Å². The van der Waals surface area contributed by atoms with Crippen LogP contribution in [0.15, 0.2) is 30.5 Å². The summed E-state index contributed by atoms with van der Waals surface area (Å²) in [5.41, 5.74) is 1.27. The summed E-state index contributed by atoms with van der Waals surface area (Å²) in [7, 11) is 4.10. The van der Waals surface area contributed by atoms with E-state index in [0.717, 1.165) is 0 Å². The van der Waals surface area contributed by atoms with E-state index in [1.165, 1.54) is 10.9 Å². The second-order valence-corrected chi connectivity index (χ2v) is 2.79. The Labute approximate surface area is 77.8 Å². The molecule has 0 aliphatic rings. The first-order valence-corrected chi connectivity index (χ1v) is 3.69. The molecule has 0 atom stereocenters.